The zero-order chi connectivity index (χ0) is 14.9. The van der Waals surface area contributed by atoms with Crippen molar-refractivity contribution in [2.45, 2.75) is 34.3 Å². The lowest BCUT2D eigenvalue weighted by Crippen LogP contribution is -2.10. The Labute approximate surface area is 119 Å². The number of halogens is 1. The fourth-order valence-corrected chi connectivity index (χ4v) is 2.62. The van der Waals surface area contributed by atoms with E-state index < -0.39 is 0 Å². The Balaban J connectivity index is 1.93. The molecule has 1 saturated carbocycles. The minimum absolute atomic E-state index is 0.0306. The van der Waals surface area contributed by atoms with Crippen LogP contribution in [0.25, 0.3) is 0 Å². The van der Waals surface area contributed by atoms with Crippen molar-refractivity contribution < 1.29 is 13.9 Å². The average molecular weight is 276 g/mol. The molecule has 0 unspecified atom stereocenters. The molecule has 0 saturated heterocycles. The average Bonchev–Trinajstić information content (AvgIpc) is 2.89. The Hall–Kier alpha value is -1.64. The number of rotatable bonds is 4. The van der Waals surface area contributed by atoms with Crippen LogP contribution in [-0.4, -0.2) is 5.97 Å². The molecule has 108 valence electrons. The maximum atomic E-state index is 12.8. The third-order valence-corrected chi connectivity index (χ3v) is 3.97. The maximum Gasteiger partial charge on any atom is 0.310 e. The zero-order valence-corrected chi connectivity index (χ0v) is 12.4. The summed E-state index contributed by atoms with van der Waals surface area (Å²) in [5.74, 6) is -0.264. The third-order valence-electron chi connectivity index (χ3n) is 3.97. The fraction of sp³-hybridized carbons (Fsp3) is 0.471. The summed E-state index contributed by atoms with van der Waals surface area (Å²) in [6.45, 7) is 8.44. The number of carbonyl (C=O) groups is 1. The van der Waals surface area contributed by atoms with Crippen molar-refractivity contribution in [2.75, 3.05) is 0 Å². The summed E-state index contributed by atoms with van der Waals surface area (Å²) in [7, 11) is 0. The number of carbonyl (C=O) groups excluding carboxylic acids is 1. The van der Waals surface area contributed by atoms with Crippen molar-refractivity contribution in [3.05, 3.63) is 47.3 Å². The van der Waals surface area contributed by atoms with Gasteiger partial charge in [0.15, 0.2) is 0 Å². The SMILES string of the molecule is CC(C)=C[C@@H]1[C@@H](C(=O)OCc2ccc(F)cc2)C1(C)C. The van der Waals surface area contributed by atoms with Crippen LogP contribution >= 0.6 is 0 Å². The van der Waals surface area contributed by atoms with Gasteiger partial charge in [0.05, 0.1) is 5.92 Å². The van der Waals surface area contributed by atoms with E-state index in [1.54, 1.807) is 12.1 Å². The van der Waals surface area contributed by atoms with E-state index in [0.717, 1.165) is 5.56 Å². The maximum absolute atomic E-state index is 12.8. The van der Waals surface area contributed by atoms with Crippen LogP contribution in [0.2, 0.25) is 0 Å². The van der Waals surface area contributed by atoms with Gasteiger partial charge < -0.3 is 4.74 Å². The first-order valence-electron chi connectivity index (χ1n) is 6.88. The highest BCUT2D eigenvalue weighted by molar-refractivity contribution is 5.78. The molecule has 0 bridgehead atoms. The Morgan fingerprint density at radius 3 is 2.45 bits per heavy atom. The van der Waals surface area contributed by atoms with Crippen LogP contribution in [-0.2, 0) is 16.1 Å². The largest absolute Gasteiger partial charge is 0.461 e. The van der Waals surface area contributed by atoms with E-state index in [9.17, 15) is 9.18 Å². The third kappa shape index (κ3) is 3.09. The highest BCUT2D eigenvalue weighted by atomic mass is 19.1. The molecule has 0 spiro atoms. The molecule has 1 aromatic carbocycles. The first-order valence-corrected chi connectivity index (χ1v) is 6.88. The summed E-state index contributed by atoms with van der Waals surface area (Å²) < 4.78 is 18.1. The fourth-order valence-electron chi connectivity index (χ4n) is 2.62. The molecule has 0 aliphatic heterocycles. The van der Waals surface area contributed by atoms with E-state index in [4.69, 9.17) is 4.74 Å². The summed E-state index contributed by atoms with van der Waals surface area (Å²) >= 11 is 0. The minimum Gasteiger partial charge on any atom is -0.461 e. The van der Waals surface area contributed by atoms with Crippen molar-refractivity contribution in [1.82, 2.24) is 0 Å². The molecule has 3 heteroatoms. The van der Waals surface area contributed by atoms with Crippen LogP contribution in [0.5, 0.6) is 0 Å². The van der Waals surface area contributed by atoms with Crippen molar-refractivity contribution in [1.29, 1.82) is 0 Å². The van der Waals surface area contributed by atoms with Crippen LogP contribution in [0.1, 0.15) is 33.3 Å². The molecule has 1 aliphatic rings. The number of hydrogen-bond acceptors (Lipinski definition) is 2. The molecule has 2 rings (SSSR count). The zero-order valence-electron chi connectivity index (χ0n) is 12.4. The van der Waals surface area contributed by atoms with Gasteiger partial charge in [-0.15, -0.1) is 0 Å². The van der Waals surface area contributed by atoms with E-state index >= 15 is 0 Å². The Kier molecular flexibility index (Phi) is 3.98. The summed E-state index contributed by atoms with van der Waals surface area (Å²) in [6, 6.07) is 6.01. The highest BCUT2D eigenvalue weighted by Gasteiger charge is 2.61. The molecule has 0 N–H and O–H groups in total. The predicted octanol–water partition coefficient (Wildman–Crippen LogP) is 4.11. The Morgan fingerprint density at radius 2 is 1.90 bits per heavy atom. The lowest BCUT2D eigenvalue weighted by atomic mass is 10.1. The molecule has 20 heavy (non-hydrogen) atoms. The Morgan fingerprint density at radius 1 is 1.30 bits per heavy atom. The van der Waals surface area contributed by atoms with Crippen molar-refractivity contribution in [3.8, 4) is 0 Å². The van der Waals surface area contributed by atoms with Gasteiger partial charge in [-0.25, -0.2) is 4.39 Å². The number of hydrogen-bond donors (Lipinski definition) is 0. The number of ether oxygens (including phenoxy) is 1. The monoisotopic (exact) mass is 276 g/mol. The number of benzene rings is 1. The van der Waals surface area contributed by atoms with E-state index in [1.165, 1.54) is 17.7 Å². The van der Waals surface area contributed by atoms with Gasteiger partial charge in [-0.1, -0.05) is 37.6 Å². The van der Waals surface area contributed by atoms with Crippen molar-refractivity contribution >= 4 is 5.97 Å². The van der Waals surface area contributed by atoms with Crippen LogP contribution in [0.3, 0.4) is 0 Å². The molecular formula is C17H21FO2. The van der Waals surface area contributed by atoms with E-state index in [0.29, 0.717) is 0 Å². The summed E-state index contributed by atoms with van der Waals surface area (Å²) in [6.07, 6.45) is 2.14. The van der Waals surface area contributed by atoms with Gasteiger partial charge >= 0.3 is 5.97 Å². The standard InChI is InChI=1S/C17H21FO2/c1-11(2)9-14-15(17(14,3)4)16(19)20-10-12-5-7-13(18)8-6-12/h5-9,14-15H,10H2,1-4H3/t14-,15+/m1/s1. The van der Waals surface area contributed by atoms with Crippen LogP contribution in [0.4, 0.5) is 4.39 Å². The molecule has 0 amide bonds. The van der Waals surface area contributed by atoms with Gasteiger partial charge in [0.25, 0.3) is 0 Å². The van der Waals surface area contributed by atoms with Gasteiger partial charge in [0.2, 0.25) is 0 Å². The summed E-state index contributed by atoms with van der Waals surface area (Å²) in [5, 5.41) is 0. The van der Waals surface area contributed by atoms with Gasteiger partial charge in [-0.05, 0) is 42.9 Å². The van der Waals surface area contributed by atoms with Gasteiger partial charge in [0.1, 0.15) is 12.4 Å². The molecule has 1 fully saturated rings. The molecule has 1 aliphatic carbocycles. The highest BCUT2D eigenvalue weighted by Crippen LogP contribution is 2.59. The lowest BCUT2D eigenvalue weighted by Gasteiger charge is -2.05. The second-order valence-electron chi connectivity index (χ2n) is 6.30. The first kappa shape index (κ1) is 14.8. The van der Waals surface area contributed by atoms with Gasteiger partial charge in [-0.2, -0.15) is 0 Å². The minimum atomic E-state index is -0.285. The van der Waals surface area contributed by atoms with Crippen LogP contribution in [0, 0.1) is 23.1 Å². The molecule has 0 aromatic heterocycles. The Bertz CT molecular complexity index is 524. The second kappa shape index (κ2) is 5.39. The predicted molar refractivity (Wildman–Crippen MR) is 76.4 cm³/mol. The normalized spacial score (nSPS) is 23.1. The smallest absolute Gasteiger partial charge is 0.310 e. The van der Waals surface area contributed by atoms with Gasteiger partial charge in [0, 0.05) is 0 Å². The molecule has 2 nitrogen and oxygen atoms in total. The molecule has 0 heterocycles. The van der Waals surface area contributed by atoms with Crippen LogP contribution < -0.4 is 0 Å². The first-order chi connectivity index (χ1) is 9.32. The van der Waals surface area contributed by atoms with Crippen LogP contribution in [0.15, 0.2) is 35.9 Å². The molecule has 0 radical (unpaired) electrons. The number of esters is 1. The second-order valence-corrected chi connectivity index (χ2v) is 6.30. The topological polar surface area (TPSA) is 26.3 Å². The molecule has 1 aromatic rings. The molecule has 2 atom stereocenters. The van der Waals surface area contributed by atoms with Crippen molar-refractivity contribution in [2.24, 2.45) is 17.3 Å². The number of allylic oxidation sites excluding steroid dienone is 2. The van der Waals surface area contributed by atoms with E-state index in [-0.39, 0.29) is 35.6 Å². The summed E-state index contributed by atoms with van der Waals surface area (Å²) in [5.41, 5.74) is 1.99. The quantitative estimate of drug-likeness (QED) is 0.611. The van der Waals surface area contributed by atoms with Gasteiger partial charge in [-0.3, -0.25) is 4.79 Å². The molecular weight excluding hydrogens is 255 g/mol. The van der Waals surface area contributed by atoms with Crippen molar-refractivity contribution in [3.63, 3.8) is 0 Å². The summed E-state index contributed by atoms with van der Waals surface area (Å²) in [4.78, 5) is 12.1. The lowest BCUT2D eigenvalue weighted by molar-refractivity contribution is -0.147. The van der Waals surface area contributed by atoms with E-state index in [2.05, 4.69) is 19.9 Å². The van der Waals surface area contributed by atoms with E-state index in [1.807, 2.05) is 13.8 Å².